The SMILES string of the molecule is Cc1nc(-c2cccc(NC3=CC(=O)N(CCO)C3=O)c2)[nH]c1C. The van der Waals surface area contributed by atoms with Gasteiger partial charge in [-0.3, -0.25) is 14.5 Å². The molecule has 2 aromatic rings. The van der Waals surface area contributed by atoms with E-state index in [-0.39, 0.29) is 18.8 Å². The molecule has 0 fully saturated rings. The van der Waals surface area contributed by atoms with Crippen molar-refractivity contribution in [2.75, 3.05) is 18.5 Å². The van der Waals surface area contributed by atoms with Crippen LogP contribution in [-0.4, -0.2) is 44.9 Å². The van der Waals surface area contributed by atoms with Crippen molar-refractivity contribution in [1.82, 2.24) is 14.9 Å². The second-order valence-electron chi connectivity index (χ2n) is 5.58. The van der Waals surface area contributed by atoms with Crippen LogP contribution in [0.2, 0.25) is 0 Å². The Labute approximate surface area is 139 Å². The fourth-order valence-electron chi connectivity index (χ4n) is 2.49. The molecule has 124 valence electrons. The van der Waals surface area contributed by atoms with Crippen molar-refractivity contribution in [3.8, 4) is 11.4 Å². The topological polar surface area (TPSA) is 98.3 Å². The van der Waals surface area contributed by atoms with Gasteiger partial charge in [-0.2, -0.15) is 0 Å². The molecule has 0 atom stereocenters. The van der Waals surface area contributed by atoms with Gasteiger partial charge in [0.05, 0.1) is 18.8 Å². The number of nitrogens with zero attached hydrogens (tertiary/aromatic N) is 2. The quantitative estimate of drug-likeness (QED) is 0.721. The van der Waals surface area contributed by atoms with Gasteiger partial charge >= 0.3 is 0 Å². The summed E-state index contributed by atoms with van der Waals surface area (Å²) in [6.45, 7) is 3.62. The average molecular weight is 326 g/mol. The zero-order chi connectivity index (χ0) is 17.3. The molecule has 7 heteroatoms. The van der Waals surface area contributed by atoms with Crippen molar-refractivity contribution in [2.45, 2.75) is 13.8 Å². The number of carbonyl (C=O) groups excluding carboxylic acids is 2. The minimum absolute atomic E-state index is 0.00959. The van der Waals surface area contributed by atoms with Gasteiger partial charge in [-0.25, -0.2) is 4.98 Å². The number of aliphatic hydroxyl groups excluding tert-OH is 1. The number of aromatic amines is 1. The molecule has 1 aromatic carbocycles. The standard InChI is InChI=1S/C17H18N4O3/c1-10-11(2)19-16(18-10)12-4-3-5-13(8-12)20-14-9-15(23)21(6-7-22)17(14)24/h3-5,8-9,20,22H,6-7H2,1-2H3,(H,18,19). The van der Waals surface area contributed by atoms with Gasteiger partial charge in [0.2, 0.25) is 0 Å². The van der Waals surface area contributed by atoms with Crippen LogP contribution in [0.4, 0.5) is 5.69 Å². The van der Waals surface area contributed by atoms with Gasteiger partial charge in [0.25, 0.3) is 11.8 Å². The number of aliphatic hydroxyl groups is 1. The lowest BCUT2D eigenvalue weighted by molar-refractivity contribution is -0.137. The molecule has 24 heavy (non-hydrogen) atoms. The smallest absolute Gasteiger partial charge is 0.277 e. The lowest BCUT2D eigenvalue weighted by Crippen LogP contribution is -2.34. The van der Waals surface area contributed by atoms with Crippen molar-refractivity contribution in [3.05, 3.63) is 47.4 Å². The number of hydrogen-bond acceptors (Lipinski definition) is 5. The Kier molecular flexibility index (Phi) is 4.18. The molecule has 2 heterocycles. The van der Waals surface area contributed by atoms with Gasteiger partial charge in [0.1, 0.15) is 11.5 Å². The van der Waals surface area contributed by atoms with Gasteiger partial charge in [0.15, 0.2) is 0 Å². The highest BCUT2D eigenvalue weighted by molar-refractivity contribution is 6.17. The highest BCUT2D eigenvalue weighted by atomic mass is 16.3. The molecule has 3 rings (SSSR count). The molecule has 1 aliphatic heterocycles. The van der Waals surface area contributed by atoms with Crippen LogP contribution >= 0.6 is 0 Å². The number of carbonyl (C=O) groups is 2. The van der Waals surface area contributed by atoms with Gasteiger partial charge in [-0.05, 0) is 26.0 Å². The minimum Gasteiger partial charge on any atom is -0.395 e. The first-order chi connectivity index (χ1) is 11.5. The summed E-state index contributed by atoms with van der Waals surface area (Å²) in [6, 6.07) is 7.42. The number of anilines is 1. The highest BCUT2D eigenvalue weighted by Crippen LogP contribution is 2.23. The van der Waals surface area contributed by atoms with E-state index >= 15 is 0 Å². The molecule has 0 saturated heterocycles. The summed E-state index contributed by atoms with van der Waals surface area (Å²) >= 11 is 0. The molecule has 0 aliphatic carbocycles. The van der Waals surface area contributed by atoms with Gasteiger partial charge in [-0.1, -0.05) is 12.1 Å². The lowest BCUT2D eigenvalue weighted by Gasteiger charge is -2.13. The third kappa shape index (κ3) is 2.93. The number of benzene rings is 1. The number of hydrogen-bond donors (Lipinski definition) is 3. The van der Waals surface area contributed by atoms with Crippen LogP contribution in [0, 0.1) is 13.8 Å². The maximum absolute atomic E-state index is 12.2. The number of aromatic nitrogens is 2. The molecule has 0 bridgehead atoms. The van der Waals surface area contributed by atoms with E-state index in [2.05, 4.69) is 15.3 Å². The molecule has 7 nitrogen and oxygen atoms in total. The maximum Gasteiger partial charge on any atom is 0.277 e. The first kappa shape index (κ1) is 15.9. The molecule has 3 N–H and O–H groups in total. The van der Waals surface area contributed by atoms with Crippen molar-refractivity contribution in [3.63, 3.8) is 0 Å². The van der Waals surface area contributed by atoms with Crippen LogP contribution in [-0.2, 0) is 9.59 Å². The third-order valence-electron chi connectivity index (χ3n) is 3.88. The van der Waals surface area contributed by atoms with E-state index in [1.54, 1.807) is 6.07 Å². The van der Waals surface area contributed by atoms with Gasteiger partial charge in [0, 0.05) is 23.0 Å². The predicted molar refractivity (Wildman–Crippen MR) is 89.0 cm³/mol. The van der Waals surface area contributed by atoms with E-state index in [1.165, 1.54) is 6.08 Å². The Balaban J connectivity index is 1.82. The first-order valence-corrected chi connectivity index (χ1v) is 7.58. The van der Waals surface area contributed by atoms with Crippen molar-refractivity contribution in [2.24, 2.45) is 0 Å². The zero-order valence-corrected chi connectivity index (χ0v) is 13.5. The molecular formula is C17H18N4O3. The number of imidazole rings is 1. The molecule has 0 spiro atoms. The second kappa shape index (κ2) is 6.29. The molecular weight excluding hydrogens is 308 g/mol. The van der Waals surface area contributed by atoms with Crippen molar-refractivity contribution >= 4 is 17.5 Å². The number of amides is 2. The molecule has 2 amide bonds. The summed E-state index contributed by atoms with van der Waals surface area (Å²) in [5.41, 5.74) is 3.68. The fraction of sp³-hybridized carbons (Fsp3) is 0.235. The number of imide groups is 1. The van der Waals surface area contributed by atoms with Crippen LogP contribution in [0.1, 0.15) is 11.4 Å². The van der Waals surface area contributed by atoms with Crippen LogP contribution < -0.4 is 5.32 Å². The van der Waals surface area contributed by atoms with Gasteiger partial charge < -0.3 is 15.4 Å². The summed E-state index contributed by atoms with van der Waals surface area (Å²) in [5, 5.41) is 11.9. The number of H-pyrrole nitrogens is 1. The van der Waals surface area contributed by atoms with Crippen LogP contribution in [0.15, 0.2) is 36.0 Å². The summed E-state index contributed by atoms with van der Waals surface area (Å²) < 4.78 is 0. The van der Waals surface area contributed by atoms with E-state index in [9.17, 15) is 9.59 Å². The third-order valence-corrected chi connectivity index (χ3v) is 3.88. The van der Waals surface area contributed by atoms with Crippen molar-refractivity contribution in [1.29, 1.82) is 0 Å². The number of nitrogens with one attached hydrogen (secondary N) is 2. The van der Waals surface area contributed by atoms with Crippen molar-refractivity contribution < 1.29 is 14.7 Å². The Bertz CT molecular complexity index is 819. The first-order valence-electron chi connectivity index (χ1n) is 7.58. The Morgan fingerprint density at radius 3 is 2.75 bits per heavy atom. The Morgan fingerprint density at radius 1 is 1.29 bits per heavy atom. The number of β-amino-alcohol motifs (C(OH)–C–C–N with tert-alkyl or cyclic N) is 1. The Morgan fingerprint density at radius 2 is 2.08 bits per heavy atom. The van der Waals surface area contributed by atoms with Crippen LogP contribution in [0.3, 0.4) is 0 Å². The summed E-state index contributed by atoms with van der Waals surface area (Å²) in [6.07, 6.45) is 1.24. The minimum atomic E-state index is -0.441. The highest BCUT2D eigenvalue weighted by Gasteiger charge is 2.30. The van der Waals surface area contributed by atoms with E-state index < -0.39 is 11.8 Å². The maximum atomic E-state index is 12.2. The molecule has 0 unspecified atom stereocenters. The normalized spacial score (nSPS) is 14.3. The Hall–Kier alpha value is -2.93. The number of aryl methyl sites for hydroxylation is 2. The molecule has 0 saturated carbocycles. The van der Waals surface area contributed by atoms with E-state index in [1.807, 2.05) is 32.0 Å². The van der Waals surface area contributed by atoms with E-state index in [0.29, 0.717) is 5.69 Å². The zero-order valence-electron chi connectivity index (χ0n) is 13.5. The molecule has 1 aliphatic rings. The second-order valence-corrected chi connectivity index (χ2v) is 5.58. The van der Waals surface area contributed by atoms with Crippen LogP contribution in [0.5, 0.6) is 0 Å². The lowest BCUT2D eigenvalue weighted by atomic mass is 10.2. The fourth-order valence-corrected chi connectivity index (χ4v) is 2.49. The predicted octanol–water partition coefficient (Wildman–Crippen LogP) is 1.35. The van der Waals surface area contributed by atoms with E-state index in [4.69, 9.17) is 5.11 Å². The number of rotatable bonds is 5. The largest absolute Gasteiger partial charge is 0.395 e. The average Bonchev–Trinajstić information content (AvgIpc) is 3.02. The summed E-state index contributed by atoms with van der Waals surface area (Å²) in [4.78, 5) is 32.6. The van der Waals surface area contributed by atoms with E-state index in [0.717, 1.165) is 27.7 Å². The molecule has 1 aromatic heterocycles. The van der Waals surface area contributed by atoms with Crippen LogP contribution in [0.25, 0.3) is 11.4 Å². The summed E-state index contributed by atoms with van der Waals surface area (Å²) in [5.74, 6) is -0.118. The summed E-state index contributed by atoms with van der Waals surface area (Å²) in [7, 11) is 0. The monoisotopic (exact) mass is 326 g/mol. The van der Waals surface area contributed by atoms with Gasteiger partial charge in [-0.15, -0.1) is 0 Å². The molecule has 0 radical (unpaired) electrons.